The molecule has 6 heteroatoms. The first-order chi connectivity index (χ1) is 11.2. The van der Waals surface area contributed by atoms with Crippen LogP contribution >= 0.6 is 0 Å². The van der Waals surface area contributed by atoms with Crippen LogP contribution in [0.5, 0.6) is 11.5 Å². The lowest BCUT2D eigenvalue weighted by molar-refractivity contribution is -0.139. The SMILES string of the molecule is CCOC(=O)C1=C(O)CCN(CC2COc3ccccc3O2)C1. The van der Waals surface area contributed by atoms with Crippen molar-refractivity contribution in [3.63, 3.8) is 0 Å². The van der Waals surface area contributed by atoms with E-state index in [4.69, 9.17) is 14.2 Å². The van der Waals surface area contributed by atoms with Gasteiger partial charge < -0.3 is 19.3 Å². The summed E-state index contributed by atoms with van der Waals surface area (Å²) in [6.45, 7) is 4.19. The van der Waals surface area contributed by atoms with E-state index in [0.29, 0.717) is 44.8 Å². The number of aliphatic hydroxyl groups is 1. The molecule has 2 heterocycles. The van der Waals surface area contributed by atoms with Crippen LogP contribution in [0.15, 0.2) is 35.6 Å². The molecule has 1 N–H and O–H groups in total. The zero-order chi connectivity index (χ0) is 16.2. The molecule has 3 rings (SSSR count). The van der Waals surface area contributed by atoms with Crippen molar-refractivity contribution in [2.45, 2.75) is 19.4 Å². The number of carbonyl (C=O) groups is 1. The number of carbonyl (C=O) groups excluding carboxylic acids is 1. The van der Waals surface area contributed by atoms with Crippen LogP contribution in [-0.2, 0) is 9.53 Å². The van der Waals surface area contributed by atoms with Crippen LogP contribution in [0, 0.1) is 0 Å². The molecule has 1 aromatic carbocycles. The minimum absolute atomic E-state index is 0.103. The molecule has 0 saturated carbocycles. The quantitative estimate of drug-likeness (QED) is 0.855. The van der Waals surface area contributed by atoms with Crippen LogP contribution in [0.3, 0.4) is 0 Å². The van der Waals surface area contributed by atoms with Gasteiger partial charge in [0.15, 0.2) is 11.5 Å². The summed E-state index contributed by atoms with van der Waals surface area (Å²) in [6, 6.07) is 7.58. The average Bonchev–Trinajstić information content (AvgIpc) is 2.56. The first kappa shape index (κ1) is 15.7. The molecule has 2 aliphatic heterocycles. The van der Waals surface area contributed by atoms with Crippen molar-refractivity contribution in [2.75, 3.05) is 32.8 Å². The molecule has 0 bridgehead atoms. The van der Waals surface area contributed by atoms with Gasteiger partial charge in [-0.05, 0) is 19.1 Å². The normalized spacial score (nSPS) is 21.2. The van der Waals surface area contributed by atoms with E-state index >= 15 is 0 Å². The van der Waals surface area contributed by atoms with Gasteiger partial charge in [-0.15, -0.1) is 0 Å². The van der Waals surface area contributed by atoms with Crippen molar-refractivity contribution in [2.24, 2.45) is 0 Å². The van der Waals surface area contributed by atoms with Crippen LogP contribution in [0.1, 0.15) is 13.3 Å². The molecule has 0 aromatic heterocycles. The maximum absolute atomic E-state index is 11.9. The molecule has 1 unspecified atom stereocenters. The molecule has 6 nitrogen and oxygen atoms in total. The summed E-state index contributed by atoms with van der Waals surface area (Å²) in [4.78, 5) is 14.0. The van der Waals surface area contributed by atoms with Gasteiger partial charge in [-0.3, -0.25) is 4.90 Å². The summed E-state index contributed by atoms with van der Waals surface area (Å²) in [7, 11) is 0. The molecule has 0 aliphatic carbocycles. The summed E-state index contributed by atoms with van der Waals surface area (Å²) < 4.78 is 16.6. The van der Waals surface area contributed by atoms with Crippen LogP contribution in [-0.4, -0.2) is 54.9 Å². The molecule has 1 aromatic rings. The standard InChI is InChI=1S/C17H21NO5/c1-2-21-17(20)13-10-18(8-7-14(13)19)9-12-11-22-15-5-3-4-6-16(15)23-12/h3-6,12,19H,2,7-11H2,1H3. The van der Waals surface area contributed by atoms with Crippen molar-refractivity contribution in [3.8, 4) is 11.5 Å². The predicted octanol–water partition coefficient (Wildman–Crippen LogP) is 1.91. The minimum atomic E-state index is -0.444. The third-order valence-corrected chi connectivity index (χ3v) is 3.95. The molecule has 0 saturated heterocycles. The number of benzene rings is 1. The molecule has 2 aliphatic rings. The highest BCUT2D eigenvalue weighted by molar-refractivity contribution is 5.89. The van der Waals surface area contributed by atoms with E-state index in [1.807, 2.05) is 24.3 Å². The van der Waals surface area contributed by atoms with Gasteiger partial charge in [0.1, 0.15) is 18.5 Å². The minimum Gasteiger partial charge on any atom is -0.512 e. The molecule has 124 valence electrons. The van der Waals surface area contributed by atoms with Gasteiger partial charge in [0.05, 0.1) is 12.2 Å². The van der Waals surface area contributed by atoms with Crippen LogP contribution in [0.25, 0.3) is 0 Å². The Balaban J connectivity index is 1.61. The Hall–Kier alpha value is -2.21. The van der Waals surface area contributed by atoms with E-state index in [0.717, 1.165) is 11.5 Å². The highest BCUT2D eigenvalue weighted by Crippen LogP contribution is 2.31. The highest BCUT2D eigenvalue weighted by Gasteiger charge is 2.28. The summed E-state index contributed by atoms with van der Waals surface area (Å²) in [5, 5.41) is 9.92. The van der Waals surface area contributed by atoms with Gasteiger partial charge in [-0.25, -0.2) is 4.79 Å². The smallest absolute Gasteiger partial charge is 0.338 e. The summed E-state index contributed by atoms with van der Waals surface area (Å²) in [6.07, 6.45) is 0.340. The van der Waals surface area contributed by atoms with E-state index in [1.165, 1.54) is 0 Å². The topological polar surface area (TPSA) is 68.2 Å². The van der Waals surface area contributed by atoms with E-state index in [-0.39, 0.29) is 11.9 Å². The molecular weight excluding hydrogens is 298 g/mol. The van der Waals surface area contributed by atoms with Crippen LogP contribution in [0.2, 0.25) is 0 Å². The number of ether oxygens (including phenoxy) is 3. The fourth-order valence-electron chi connectivity index (χ4n) is 2.81. The molecule has 0 radical (unpaired) electrons. The van der Waals surface area contributed by atoms with E-state index in [1.54, 1.807) is 6.92 Å². The molecule has 23 heavy (non-hydrogen) atoms. The second kappa shape index (κ2) is 6.91. The van der Waals surface area contributed by atoms with E-state index in [2.05, 4.69) is 4.90 Å². The second-order valence-corrected chi connectivity index (χ2v) is 5.63. The van der Waals surface area contributed by atoms with Crippen molar-refractivity contribution in [3.05, 3.63) is 35.6 Å². The number of aliphatic hydroxyl groups excluding tert-OH is 1. The molecule has 1 atom stereocenters. The Bertz CT molecular complexity index is 613. The monoisotopic (exact) mass is 319 g/mol. The zero-order valence-electron chi connectivity index (χ0n) is 13.2. The third kappa shape index (κ3) is 3.59. The Morgan fingerprint density at radius 2 is 2.17 bits per heavy atom. The molecule has 0 fully saturated rings. The van der Waals surface area contributed by atoms with Gasteiger partial charge in [0, 0.05) is 26.1 Å². The van der Waals surface area contributed by atoms with Crippen molar-refractivity contribution < 1.29 is 24.1 Å². The van der Waals surface area contributed by atoms with E-state index < -0.39 is 5.97 Å². The lowest BCUT2D eigenvalue weighted by Crippen LogP contribution is -2.44. The summed E-state index contributed by atoms with van der Waals surface area (Å²) >= 11 is 0. The van der Waals surface area contributed by atoms with Gasteiger partial charge >= 0.3 is 5.97 Å². The number of hydrogen-bond acceptors (Lipinski definition) is 6. The zero-order valence-corrected chi connectivity index (χ0v) is 13.2. The van der Waals surface area contributed by atoms with Crippen molar-refractivity contribution >= 4 is 5.97 Å². The predicted molar refractivity (Wildman–Crippen MR) is 83.7 cm³/mol. The van der Waals surface area contributed by atoms with Crippen molar-refractivity contribution in [1.82, 2.24) is 4.90 Å². The average molecular weight is 319 g/mol. The molecule has 0 spiro atoms. The lowest BCUT2D eigenvalue weighted by Gasteiger charge is -2.33. The molecule has 0 amide bonds. The first-order valence-electron chi connectivity index (χ1n) is 7.86. The summed E-state index contributed by atoms with van der Waals surface area (Å²) in [5.41, 5.74) is 0.343. The van der Waals surface area contributed by atoms with E-state index in [9.17, 15) is 9.90 Å². The number of hydrogen-bond donors (Lipinski definition) is 1. The third-order valence-electron chi connectivity index (χ3n) is 3.95. The maximum atomic E-state index is 11.9. The Morgan fingerprint density at radius 3 is 2.96 bits per heavy atom. The number of para-hydroxylation sites is 2. The number of nitrogens with zero attached hydrogens (tertiary/aromatic N) is 1. The Kier molecular flexibility index (Phi) is 4.71. The van der Waals surface area contributed by atoms with Crippen molar-refractivity contribution in [1.29, 1.82) is 0 Å². The number of fused-ring (bicyclic) bond motifs is 1. The maximum Gasteiger partial charge on any atom is 0.338 e. The van der Waals surface area contributed by atoms with Gasteiger partial charge in [-0.1, -0.05) is 12.1 Å². The largest absolute Gasteiger partial charge is 0.512 e. The van der Waals surface area contributed by atoms with Crippen LogP contribution < -0.4 is 9.47 Å². The second-order valence-electron chi connectivity index (χ2n) is 5.63. The number of rotatable bonds is 4. The number of esters is 1. The summed E-state index contributed by atoms with van der Waals surface area (Å²) in [5.74, 6) is 1.18. The highest BCUT2D eigenvalue weighted by atomic mass is 16.6. The molecular formula is C17H21NO5. The lowest BCUT2D eigenvalue weighted by atomic mass is 10.1. The fourth-order valence-corrected chi connectivity index (χ4v) is 2.81. The fraction of sp³-hybridized carbons (Fsp3) is 0.471. The van der Waals surface area contributed by atoms with Crippen LogP contribution in [0.4, 0.5) is 0 Å². The van der Waals surface area contributed by atoms with Gasteiger partial charge in [0.2, 0.25) is 0 Å². The Labute approximate surface area is 135 Å². The van der Waals surface area contributed by atoms with Gasteiger partial charge in [-0.2, -0.15) is 0 Å². The Morgan fingerprint density at radius 1 is 1.39 bits per heavy atom. The first-order valence-corrected chi connectivity index (χ1v) is 7.86. The van der Waals surface area contributed by atoms with Gasteiger partial charge in [0.25, 0.3) is 0 Å².